The Balaban J connectivity index is 1.07. The first-order valence-corrected chi connectivity index (χ1v) is 21.7. The van der Waals surface area contributed by atoms with Crippen molar-refractivity contribution in [3.63, 3.8) is 0 Å². The number of aromatic nitrogens is 2. The van der Waals surface area contributed by atoms with Crippen molar-refractivity contribution in [3.05, 3.63) is 59.9 Å². The van der Waals surface area contributed by atoms with Gasteiger partial charge in [-0.2, -0.15) is 5.10 Å². The third-order valence-corrected chi connectivity index (χ3v) is 12.9. The van der Waals surface area contributed by atoms with Crippen molar-refractivity contribution in [2.24, 2.45) is 5.92 Å². The number of sulfonamides is 1. The van der Waals surface area contributed by atoms with Gasteiger partial charge in [-0.15, -0.1) is 0 Å². The van der Waals surface area contributed by atoms with E-state index in [-0.39, 0.29) is 32.4 Å². The summed E-state index contributed by atoms with van der Waals surface area (Å²) in [6.45, 7) is 6.52. The number of hydrogen-bond acceptors (Lipinski definition) is 11. The van der Waals surface area contributed by atoms with Gasteiger partial charge in [-0.1, -0.05) is 31.1 Å². The number of amides is 5. The second-order valence-electron chi connectivity index (χ2n) is 16.9. The van der Waals surface area contributed by atoms with Crippen molar-refractivity contribution in [2.75, 3.05) is 13.2 Å². The fraction of sp³-hybridized carbons (Fsp3) is 0.600. The molecule has 5 amide bonds. The van der Waals surface area contributed by atoms with Gasteiger partial charge in [-0.05, 0) is 88.6 Å². The molecule has 0 bridgehead atoms. The standard InChI is InChI=1S/C40H53N7O10S/c1-39(2,3)57-37(51)42-32-11-8-6-4-5-7-10-28-22-40(28,36(50)44-58(53,54)31-14-15-31)43-34(48)33-21-30(25-47(33)35(32)49)56-38(52)45-23-26-12-13-29(20-27(26)24-45)55-19-18-46-17-9-16-41-46/h7,9-10,12-13,16-17,20,28,30-33H,4-6,8,11,14-15,18-19,21-25H2,1-3H3,(H,42,51)(H,43,48)(H,44,50)/b10-7-/t28-,30-,32+,33+,40-/m1/s1. The zero-order valence-corrected chi connectivity index (χ0v) is 34.0. The van der Waals surface area contributed by atoms with Crippen LogP contribution in [0.25, 0.3) is 0 Å². The number of carbonyl (C=O) groups is 5. The molecule has 4 heterocycles. The molecule has 5 atom stereocenters. The third-order valence-electron chi connectivity index (χ3n) is 11.1. The van der Waals surface area contributed by atoms with Crippen molar-refractivity contribution in [2.45, 2.75) is 133 Å². The molecule has 7 rings (SSSR count). The van der Waals surface area contributed by atoms with E-state index in [0.29, 0.717) is 51.1 Å². The van der Waals surface area contributed by atoms with Crippen molar-refractivity contribution in [1.82, 2.24) is 34.9 Å². The van der Waals surface area contributed by atoms with Crippen LogP contribution < -0.4 is 20.1 Å². The van der Waals surface area contributed by atoms with Gasteiger partial charge in [0.15, 0.2) is 0 Å². The summed E-state index contributed by atoms with van der Waals surface area (Å²) < 4.78 is 47.0. The topological polar surface area (TPSA) is 208 Å². The van der Waals surface area contributed by atoms with E-state index in [1.165, 1.54) is 9.80 Å². The van der Waals surface area contributed by atoms with Crippen molar-refractivity contribution in [1.29, 1.82) is 0 Å². The molecule has 1 aromatic heterocycles. The van der Waals surface area contributed by atoms with Crippen LogP contribution in [0, 0.1) is 5.92 Å². The van der Waals surface area contributed by atoms with E-state index in [9.17, 15) is 32.4 Å². The molecule has 1 aromatic carbocycles. The van der Waals surface area contributed by atoms with Gasteiger partial charge in [0.1, 0.15) is 41.7 Å². The largest absolute Gasteiger partial charge is 0.492 e. The molecule has 58 heavy (non-hydrogen) atoms. The molecule has 17 nitrogen and oxygen atoms in total. The minimum atomic E-state index is -3.92. The van der Waals surface area contributed by atoms with Gasteiger partial charge in [-0.25, -0.2) is 18.0 Å². The number of rotatable bonds is 9. The van der Waals surface area contributed by atoms with Crippen LogP contribution in [0.5, 0.6) is 5.75 Å². The third kappa shape index (κ3) is 9.76. The lowest BCUT2D eigenvalue weighted by molar-refractivity contribution is -0.141. The molecule has 0 radical (unpaired) electrons. The highest BCUT2D eigenvalue weighted by Gasteiger charge is 2.62. The second-order valence-corrected chi connectivity index (χ2v) is 18.8. The monoisotopic (exact) mass is 823 g/mol. The maximum Gasteiger partial charge on any atom is 0.410 e. The molecule has 2 aromatic rings. The van der Waals surface area contributed by atoms with Crippen LogP contribution in [-0.2, 0) is 53.5 Å². The Morgan fingerprint density at radius 2 is 1.84 bits per heavy atom. The van der Waals surface area contributed by atoms with Gasteiger partial charge in [0.2, 0.25) is 21.8 Å². The van der Waals surface area contributed by atoms with Crippen LogP contribution in [0.4, 0.5) is 9.59 Å². The lowest BCUT2D eigenvalue weighted by Crippen LogP contribution is -2.58. The van der Waals surface area contributed by atoms with Crippen LogP contribution in [0.2, 0.25) is 0 Å². The Morgan fingerprint density at radius 1 is 1.05 bits per heavy atom. The molecule has 5 aliphatic rings. The SMILES string of the molecule is CC(C)(C)OC(=O)N[C@H]1CCCCC/C=C\[C@@H]2C[C@@]2(C(=O)NS(=O)(=O)C2CC2)NC(=O)[C@@H]2C[C@@H](OC(=O)N3Cc4ccc(OCCn5cccn5)cc4C3)CN2C1=O. The summed E-state index contributed by atoms with van der Waals surface area (Å²) in [5, 5.41) is 9.06. The normalized spacial score (nSPS) is 26.8. The molecular weight excluding hydrogens is 771 g/mol. The first kappa shape index (κ1) is 41.0. The van der Waals surface area contributed by atoms with Crippen LogP contribution in [0.3, 0.4) is 0 Å². The summed E-state index contributed by atoms with van der Waals surface area (Å²) >= 11 is 0. The molecule has 1 saturated heterocycles. The molecule has 18 heteroatoms. The number of alkyl carbamates (subject to hydrolysis) is 1. The second kappa shape index (κ2) is 16.6. The maximum atomic E-state index is 14.4. The smallest absolute Gasteiger partial charge is 0.410 e. The Hall–Kier alpha value is -5.13. The highest BCUT2D eigenvalue weighted by Crippen LogP contribution is 2.46. The van der Waals surface area contributed by atoms with Crippen LogP contribution >= 0.6 is 0 Å². The van der Waals surface area contributed by atoms with E-state index in [0.717, 1.165) is 24.0 Å². The number of allylic oxidation sites excluding steroid dienone is 1. The number of nitrogens with one attached hydrogen (secondary N) is 3. The zero-order chi connectivity index (χ0) is 41.2. The number of benzene rings is 1. The summed E-state index contributed by atoms with van der Waals surface area (Å²) in [5.41, 5.74) is -0.543. The predicted molar refractivity (Wildman–Crippen MR) is 208 cm³/mol. The van der Waals surface area contributed by atoms with Gasteiger partial charge in [-0.3, -0.25) is 28.7 Å². The van der Waals surface area contributed by atoms with Crippen molar-refractivity contribution >= 4 is 39.9 Å². The zero-order valence-electron chi connectivity index (χ0n) is 33.2. The number of fused-ring (bicyclic) bond motifs is 3. The van der Waals surface area contributed by atoms with Gasteiger partial charge >= 0.3 is 12.2 Å². The lowest BCUT2D eigenvalue weighted by atomic mass is 10.0. The molecular formula is C40H53N7O10S. The molecule has 314 valence electrons. The number of ether oxygens (including phenoxy) is 3. The summed E-state index contributed by atoms with van der Waals surface area (Å²) in [6.07, 6.45) is 9.01. The number of carbonyl (C=O) groups excluding carboxylic acids is 5. The average molecular weight is 824 g/mol. The lowest BCUT2D eigenvalue weighted by Gasteiger charge is -2.30. The molecule has 3 N–H and O–H groups in total. The van der Waals surface area contributed by atoms with Crippen LogP contribution in [0.1, 0.15) is 89.7 Å². The van der Waals surface area contributed by atoms with E-state index >= 15 is 0 Å². The molecule has 2 saturated carbocycles. The minimum absolute atomic E-state index is 0.0872. The maximum absolute atomic E-state index is 14.4. The minimum Gasteiger partial charge on any atom is -0.492 e. The van der Waals surface area contributed by atoms with E-state index in [2.05, 4.69) is 20.5 Å². The molecule has 3 fully saturated rings. The first-order chi connectivity index (χ1) is 27.6. The molecule has 3 aliphatic heterocycles. The Kier molecular flexibility index (Phi) is 11.8. The van der Waals surface area contributed by atoms with Gasteiger partial charge in [0.25, 0.3) is 5.91 Å². The van der Waals surface area contributed by atoms with Crippen LogP contribution in [0.15, 0.2) is 48.8 Å². The van der Waals surface area contributed by atoms with Crippen molar-refractivity contribution < 1.29 is 46.6 Å². The highest BCUT2D eigenvalue weighted by molar-refractivity contribution is 7.91. The van der Waals surface area contributed by atoms with E-state index < -0.39 is 80.4 Å². The molecule has 0 unspecified atom stereocenters. The summed E-state index contributed by atoms with van der Waals surface area (Å²) in [4.78, 5) is 71.9. The average Bonchev–Trinajstić information content (AvgIpc) is 3.94. The summed E-state index contributed by atoms with van der Waals surface area (Å²) in [5.74, 6) is -1.88. The number of hydrogen-bond donors (Lipinski definition) is 3. The van der Waals surface area contributed by atoms with Gasteiger partial charge < -0.3 is 29.7 Å². The highest BCUT2D eigenvalue weighted by atomic mass is 32.2. The van der Waals surface area contributed by atoms with E-state index in [4.69, 9.17) is 14.2 Å². The Labute approximate surface area is 338 Å². The van der Waals surface area contributed by atoms with Gasteiger partial charge in [0, 0.05) is 37.8 Å². The quantitative estimate of drug-likeness (QED) is 0.313. The Bertz CT molecular complexity index is 2030. The Morgan fingerprint density at radius 3 is 2.59 bits per heavy atom. The number of nitrogens with zero attached hydrogens (tertiary/aromatic N) is 4. The summed E-state index contributed by atoms with van der Waals surface area (Å²) in [6, 6.07) is 5.22. The van der Waals surface area contributed by atoms with Gasteiger partial charge in [0.05, 0.1) is 18.3 Å². The molecule has 0 spiro atoms. The van der Waals surface area contributed by atoms with E-state index in [1.807, 2.05) is 42.6 Å². The summed E-state index contributed by atoms with van der Waals surface area (Å²) in [7, 11) is -3.92. The first-order valence-electron chi connectivity index (χ1n) is 20.1. The van der Waals surface area contributed by atoms with E-state index in [1.54, 1.807) is 31.6 Å². The predicted octanol–water partition coefficient (Wildman–Crippen LogP) is 3.28. The molecule has 2 aliphatic carbocycles. The van der Waals surface area contributed by atoms with Crippen LogP contribution in [-0.4, -0.2) is 106 Å². The van der Waals surface area contributed by atoms with Crippen molar-refractivity contribution in [3.8, 4) is 5.75 Å². The fourth-order valence-electron chi connectivity index (χ4n) is 7.79. The fourth-order valence-corrected chi connectivity index (χ4v) is 9.16.